The molecule has 2 atom stereocenters. The number of hydrogen-bond donors (Lipinski definition) is 1. The Balaban J connectivity index is 2.26. The zero-order valence-corrected chi connectivity index (χ0v) is 17.2. The number of rotatable bonds is 8. The number of carbonyl (C=O) groups is 1. The fraction of sp³-hybridized carbons (Fsp3) is 0.350. The zero-order valence-electron chi connectivity index (χ0n) is 16.3. The van der Waals surface area contributed by atoms with E-state index in [-0.39, 0.29) is 11.7 Å². The van der Waals surface area contributed by atoms with Crippen LogP contribution in [-0.4, -0.2) is 33.7 Å². The second kappa shape index (κ2) is 9.05. The van der Waals surface area contributed by atoms with Gasteiger partial charge in [0.2, 0.25) is 15.9 Å². The highest BCUT2D eigenvalue weighted by atomic mass is 32.2. The summed E-state index contributed by atoms with van der Waals surface area (Å²) >= 11 is 0. The molecule has 6 nitrogen and oxygen atoms in total. The van der Waals surface area contributed by atoms with Gasteiger partial charge in [0, 0.05) is 0 Å². The van der Waals surface area contributed by atoms with Gasteiger partial charge in [0.1, 0.15) is 17.6 Å². The van der Waals surface area contributed by atoms with Crippen molar-refractivity contribution < 1.29 is 22.3 Å². The number of halogens is 1. The molecular formula is C20H25FN2O4S. The predicted molar refractivity (Wildman–Crippen MR) is 107 cm³/mol. The van der Waals surface area contributed by atoms with Crippen molar-refractivity contribution in [1.29, 1.82) is 0 Å². The van der Waals surface area contributed by atoms with Crippen LogP contribution in [0.4, 0.5) is 10.1 Å². The van der Waals surface area contributed by atoms with Gasteiger partial charge in [0.25, 0.3) is 0 Å². The normalized spacial score (nSPS) is 13.5. The summed E-state index contributed by atoms with van der Waals surface area (Å²) in [6, 6.07) is 11.1. The molecular weight excluding hydrogens is 383 g/mol. The smallest absolute Gasteiger partial charge is 0.244 e. The Labute approximate surface area is 165 Å². The Morgan fingerprint density at radius 3 is 2.36 bits per heavy atom. The number of amides is 1. The molecule has 28 heavy (non-hydrogen) atoms. The minimum absolute atomic E-state index is 0.0997. The van der Waals surface area contributed by atoms with Crippen molar-refractivity contribution in [3.05, 3.63) is 59.9 Å². The van der Waals surface area contributed by atoms with Crippen molar-refractivity contribution in [3.8, 4) is 5.75 Å². The molecule has 0 aliphatic heterocycles. The van der Waals surface area contributed by atoms with Crippen LogP contribution in [0, 0.1) is 5.82 Å². The van der Waals surface area contributed by atoms with Crippen LogP contribution in [0.2, 0.25) is 0 Å². The summed E-state index contributed by atoms with van der Waals surface area (Å²) in [5, 5.41) is 2.88. The number of anilines is 1. The van der Waals surface area contributed by atoms with Gasteiger partial charge >= 0.3 is 0 Å². The molecule has 0 aliphatic carbocycles. The topological polar surface area (TPSA) is 75.7 Å². The highest BCUT2D eigenvalue weighted by Gasteiger charge is 2.30. The van der Waals surface area contributed by atoms with Crippen LogP contribution in [0.5, 0.6) is 5.75 Å². The largest absolute Gasteiger partial charge is 0.497 e. The highest BCUT2D eigenvalue weighted by Crippen LogP contribution is 2.24. The summed E-state index contributed by atoms with van der Waals surface area (Å²) in [6.07, 6.45) is 1.60. The number of nitrogens with one attached hydrogen (secondary N) is 1. The summed E-state index contributed by atoms with van der Waals surface area (Å²) in [5.74, 6) is -0.353. The summed E-state index contributed by atoms with van der Waals surface area (Å²) in [4.78, 5) is 12.8. The minimum atomic E-state index is -3.81. The van der Waals surface area contributed by atoms with Crippen LogP contribution in [-0.2, 0) is 14.8 Å². The van der Waals surface area contributed by atoms with Crippen LogP contribution in [0.1, 0.15) is 31.9 Å². The first-order valence-electron chi connectivity index (χ1n) is 8.86. The molecule has 8 heteroatoms. The second-order valence-electron chi connectivity index (χ2n) is 6.46. The molecule has 0 radical (unpaired) electrons. The van der Waals surface area contributed by atoms with Gasteiger partial charge in [-0.15, -0.1) is 0 Å². The Morgan fingerprint density at radius 1 is 1.21 bits per heavy atom. The lowest BCUT2D eigenvalue weighted by Crippen LogP contribution is -2.48. The maximum absolute atomic E-state index is 13.6. The summed E-state index contributed by atoms with van der Waals surface area (Å²) in [6.45, 7) is 3.39. The molecule has 1 N–H and O–H groups in total. The second-order valence-corrected chi connectivity index (χ2v) is 8.32. The van der Waals surface area contributed by atoms with Gasteiger partial charge < -0.3 is 10.1 Å². The van der Waals surface area contributed by atoms with Crippen LogP contribution < -0.4 is 14.4 Å². The van der Waals surface area contributed by atoms with Gasteiger partial charge in [-0.25, -0.2) is 12.8 Å². The molecule has 0 saturated heterocycles. The molecule has 2 rings (SSSR count). The molecule has 0 unspecified atom stereocenters. The van der Waals surface area contributed by atoms with E-state index in [1.165, 1.54) is 25.1 Å². The Hall–Kier alpha value is -2.61. The van der Waals surface area contributed by atoms with Crippen molar-refractivity contribution in [2.75, 3.05) is 17.7 Å². The van der Waals surface area contributed by atoms with Crippen molar-refractivity contribution in [1.82, 2.24) is 5.32 Å². The maximum Gasteiger partial charge on any atom is 0.244 e. The zero-order chi connectivity index (χ0) is 20.9. The molecule has 0 heterocycles. The van der Waals surface area contributed by atoms with E-state index in [0.717, 1.165) is 22.2 Å². The van der Waals surface area contributed by atoms with E-state index < -0.39 is 27.8 Å². The van der Waals surface area contributed by atoms with Crippen molar-refractivity contribution in [2.45, 2.75) is 32.4 Å². The number of methoxy groups -OCH3 is 1. The van der Waals surface area contributed by atoms with E-state index in [9.17, 15) is 17.6 Å². The van der Waals surface area contributed by atoms with Crippen molar-refractivity contribution in [3.63, 3.8) is 0 Å². The third kappa shape index (κ3) is 5.22. The summed E-state index contributed by atoms with van der Waals surface area (Å²) in [5.41, 5.74) is 0.975. The lowest BCUT2D eigenvalue weighted by atomic mass is 10.0. The van der Waals surface area contributed by atoms with Gasteiger partial charge in [-0.1, -0.05) is 25.1 Å². The standard InChI is InChI=1S/C20H25FN2O4S/c1-5-19(15-9-11-18(27-3)12-10-15)22-20(24)14(2)23(28(4,25)26)17-8-6-7-16(21)13-17/h6-14,19H,5H2,1-4H3,(H,22,24)/t14-,19+/m1/s1. The molecule has 0 aromatic heterocycles. The lowest BCUT2D eigenvalue weighted by molar-refractivity contribution is -0.122. The first-order chi connectivity index (χ1) is 13.2. The molecule has 2 aromatic rings. The fourth-order valence-electron chi connectivity index (χ4n) is 2.97. The lowest BCUT2D eigenvalue weighted by Gasteiger charge is -2.29. The summed E-state index contributed by atoms with van der Waals surface area (Å²) in [7, 11) is -2.23. The molecule has 0 fully saturated rings. The molecule has 0 saturated carbocycles. The quantitative estimate of drug-likeness (QED) is 0.728. The van der Waals surface area contributed by atoms with Gasteiger partial charge in [-0.3, -0.25) is 9.10 Å². The number of ether oxygens (including phenoxy) is 1. The van der Waals surface area contributed by atoms with Crippen LogP contribution in [0.15, 0.2) is 48.5 Å². The first kappa shape index (κ1) is 21.7. The summed E-state index contributed by atoms with van der Waals surface area (Å²) < 4.78 is 44.2. The van der Waals surface area contributed by atoms with Crippen molar-refractivity contribution in [2.24, 2.45) is 0 Å². The SMILES string of the molecule is CC[C@H](NC(=O)[C@@H](C)N(c1cccc(F)c1)S(C)(=O)=O)c1ccc(OC)cc1. The van der Waals surface area contributed by atoms with Crippen LogP contribution in [0.3, 0.4) is 0 Å². The maximum atomic E-state index is 13.6. The molecule has 1 amide bonds. The fourth-order valence-corrected chi connectivity index (χ4v) is 4.14. The van der Waals surface area contributed by atoms with Gasteiger partial charge in [-0.2, -0.15) is 0 Å². The average molecular weight is 408 g/mol. The Bertz CT molecular complexity index is 916. The predicted octanol–water partition coefficient (Wildman–Crippen LogP) is 3.26. The van der Waals surface area contributed by atoms with E-state index in [2.05, 4.69) is 5.32 Å². The Morgan fingerprint density at radius 2 is 1.86 bits per heavy atom. The number of nitrogens with zero attached hydrogens (tertiary/aromatic N) is 1. The van der Waals surface area contributed by atoms with E-state index in [4.69, 9.17) is 4.74 Å². The van der Waals surface area contributed by atoms with Crippen LogP contribution >= 0.6 is 0 Å². The van der Waals surface area contributed by atoms with E-state index in [0.29, 0.717) is 12.2 Å². The van der Waals surface area contributed by atoms with E-state index in [1.807, 2.05) is 19.1 Å². The molecule has 2 aromatic carbocycles. The number of benzene rings is 2. The monoisotopic (exact) mass is 408 g/mol. The van der Waals surface area contributed by atoms with Gasteiger partial charge in [0.15, 0.2) is 0 Å². The number of carbonyl (C=O) groups excluding carboxylic acids is 1. The number of sulfonamides is 1. The highest BCUT2D eigenvalue weighted by molar-refractivity contribution is 7.92. The average Bonchev–Trinajstić information content (AvgIpc) is 2.65. The van der Waals surface area contributed by atoms with E-state index in [1.54, 1.807) is 19.2 Å². The number of hydrogen-bond acceptors (Lipinski definition) is 4. The third-order valence-corrected chi connectivity index (χ3v) is 5.64. The third-order valence-electron chi connectivity index (χ3n) is 4.39. The molecule has 152 valence electrons. The van der Waals surface area contributed by atoms with E-state index >= 15 is 0 Å². The van der Waals surface area contributed by atoms with Crippen LogP contribution in [0.25, 0.3) is 0 Å². The molecule has 0 aliphatic rings. The molecule has 0 bridgehead atoms. The minimum Gasteiger partial charge on any atom is -0.497 e. The van der Waals surface area contributed by atoms with Crippen molar-refractivity contribution >= 4 is 21.6 Å². The van der Waals surface area contributed by atoms with Gasteiger partial charge in [0.05, 0.1) is 25.1 Å². The Kier molecular flexibility index (Phi) is 7.01. The first-order valence-corrected chi connectivity index (χ1v) is 10.7. The van der Waals surface area contributed by atoms with Gasteiger partial charge in [-0.05, 0) is 49.2 Å². The molecule has 0 spiro atoms.